The molecule has 6 aromatic rings. The average molecular weight is 744 g/mol. The molecule has 54 heavy (non-hydrogen) atoms. The second-order valence-electron chi connectivity index (χ2n) is 16.8. The number of hydrogen-bond acceptors (Lipinski definition) is 4. The molecule has 0 amide bonds. The summed E-state index contributed by atoms with van der Waals surface area (Å²) in [5.41, 5.74) is 7.07. The van der Waals surface area contributed by atoms with Crippen molar-refractivity contribution in [2.75, 3.05) is 13.2 Å². The Morgan fingerprint density at radius 1 is 0.574 bits per heavy atom. The molecule has 0 aliphatic rings. The number of nitrogens with zero attached hydrogens (tertiary/aromatic N) is 1. The minimum atomic E-state index is -3.71. The average Bonchev–Trinajstić information content (AvgIpc) is 3.48. The molecular weight excluding hydrogens is 687 g/mol. The van der Waals surface area contributed by atoms with Crippen LogP contribution in [0.3, 0.4) is 0 Å². The lowest BCUT2D eigenvalue weighted by Gasteiger charge is -2.19. The Morgan fingerprint density at radius 2 is 1.00 bits per heavy atom. The molecule has 0 N–H and O–H groups in total. The maximum absolute atomic E-state index is 13.7. The van der Waals surface area contributed by atoms with E-state index in [0.29, 0.717) is 24.9 Å². The van der Waals surface area contributed by atoms with Crippen LogP contribution in [0.4, 0.5) is 0 Å². The van der Waals surface area contributed by atoms with Crippen molar-refractivity contribution in [1.82, 2.24) is 4.57 Å². The Kier molecular flexibility index (Phi) is 11.6. The number of ether oxygens (including phenoxy) is 2. The van der Waals surface area contributed by atoms with Gasteiger partial charge in [0, 0.05) is 16.5 Å². The lowest BCUT2D eigenvalue weighted by molar-refractivity contribution is 0.287. The van der Waals surface area contributed by atoms with Crippen LogP contribution < -0.4 is 9.47 Å². The molecule has 6 rings (SSSR count). The summed E-state index contributed by atoms with van der Waals surface area (Å²) in [6.07, 6.45) is 5.17. The van der Waals surface area contributed by atoms with Gasteiger partial charge in [0.15, 0.2) is 0 Å². The number of benzene rings is 5. The predicted molar refractivity (Wildman–Crippen MR) is 225 cm³/mol. The molecule has 0 saturated heterocycles. The highest BCUT2D eigenvalue weighted by Gasteiger charge is 2.22. The van der Waals surface area contributed by atoms with Crippen LogP contribution in [-0.4, -0.2) is 26.2 Å². The lowest BCUT2D eigenvalue weighted by Crippen LogP contribution is -2.10. The van der Waals surface area contributed by atoms with Crippen LogP contribution in [0.15, 0.2) is 119 Å². The first-order valence-electron chi connectivity index (χ1n) is 19.6. The van der Waals surface area contributed by atoms with Crippen molar-refractivity contribution in [3.63, 3.8) is 0 Å². The molecule has 1 atom stereocenters. The molecule has 1 heterocycles. The van der Waals surface area contributed by atoms with E-state index in [1.807, 2.05) is 12.1 Å². The highest BCUT2D eigenvalue weighted by Crippen LogP contribution is 2.38. The van der Waals surface area contributed by atoms with Gasteiger partial charge in [-0.25, -0.2) is 8.42 Å². The van der Waals surface area contributed by atoms with Gasteiger partial charge in [0.2, 0.25) is 9.84 Å². The zero-order valence-corrected chi connectivity index (χ0v) is 34.2. The van der Waals surface area contributed by atoms with E-state index in [9.17, 15) is 8.42 Å². The van der Waals surface area contributed by atoms with Crippen LogP contribution in [0.1, 0.15) is 110 Å². The minimum absolute atomic E-state index is 0.0157. The molecule has 1 aromatic heterocycles. The van der Waals surface area contributed by atoms with Crippen molar-refractivity contribution in [3.05, 3.63) is 126 Å². The quantitative estimate of drug-likeness (QED) is 0.104. The van der Waals surface area contributed by atoms with Crippen molar-refractivity contribution in [3.8, 4) is 17.2 Å². The van der Waals surface area contributed by atoms with Gasteiger partial charge in [0.1, 0.15) is 11.5 Å². The van der Waals surface area contributed by atoms with Gasteiger partial charge in [0.05, 0.1) is 34.0 Å². The van der Waals surface area contributed by atoms with E-state index in [2.05, 4.69) is 121 Å². The van der Waals surface area contributed by atoms with E-state index in [4.69, 9.17) is 9.47 Å². The van der Waals surface area contributed by atoms with E-state index in [1.165, 1.54) is 27.5 Å². The van der Waals surface area contributed by atoms with E-state index >= 15 is 0 Å². The summed E-state index contributed by atoms with van der Waals surface area (Å²) in [5, 5.41) is 2.40. The molecule has 5 aromatic carbocycles. The van der Waals surface area contributed by atoms with Gasteiger partial charge < -0.3 is 14.0 Å². The van der Waals surface area contributed by atoms with Crippen molar-refractivity contribution in [2.45, 2.75) is 114 Å². The molecule has 0 aliphatic carbocycles. The summed E-state index contributed by atoms with van der Waals surface area (Å²) in [6.45, 7) is 19.2. The van der Waals surface area contributed by atoms with Crippen molar-refractivity contribution >= 4 is 31.6 Å². The molecule has 0 bridgehead atoms. The van der Waals surface area contributed by atoms with Gasteiger partial charge in [-0.3, -0.25) is 0 Å². The Balaban J connectivity index is 1.07. The Labute approximate surface area is 323 Å². The highest BCUT2D eigenvalue weighted by atomic mass is 32.2. The van der Waals surface area contributed by atoms with Gasteiger partial charge >= 0.3 is 0 Å². The van der Waals surface area contributed by atoms with Gasteiger partial charge in [-0.2, -0.15) is 0 Å². The van der Waals surface area contributed by atoms with Gasteiger partial charge in [-0.1, -0.05) is 79.7 Å². The topological polar surface area (TPSA) is 57.5 Å². The molecule has 0 unspecified atom stereocenters. The number of aromatic nitrogens is 1. The zero-order valence-electron chi connectivity index (χ0n) is 33.4. The summed E-state index contributed by atoms with van der Waals surface area (Å²) < 4.78 is 41.5. The summed E-state index contributed by atoms with van der Waals surface area (Å²) in [6, 6.07) is 35.9. The molecule has 0 aliphatic heterocycles. The molecular formula is C48H57NO4S. The largest absolute Gasteiger partial charge is 0.494 e. The molecule has 0 saturated carbocycles. The third-order valence-corrected chi connectivity index (χ3v) is 12.5. The lowest BCUT2D eigenvalue weighted by atomic mass is 9.85. The number of hydrogen-bond donors (Lipinski definition) is 0. The molecule has 0 spiro atoms. The molecule has 6 heteroatoms. The van der Waals surface area contributed by atoms with Crippen LogP contribution >= 0.6 is 0 Å². The van der Waals surface area contributed by atoms with Crippen LogP contribution in [-0.2, 0) is 20.7 Å². The second-order valence-corrected chi connectivity index (χ2v) is 18.7. The summed E-state index contributed by atoms with van der Waals surface area (Å²) >= 11 is 0. The molecule has 0 fully saturated rings. The van der Waals surface area contributed by atoms with Gasteiger partial charge in [-0.15, -0.1) is 0 Å². The molecule has 5 nitrogen and oxygen atoms in total. The number of sulfone groups is 1. The SMILES string of the molecule is CC[C@@H](C)c1ccc(OCCCCCCOc2ccc(S(=O)(=O)c3ccc(-n4c5ccc(C(C)(C)C)cc5c5cc(C(C)(C)C)ccc54)cc3)cc2)cc1. The fraction of sp³-hybridized carbons (Fsp3) is 0.375. The van der Waals surface area contributed by atoms with E-state index in [1.54, 1.807) is 36.4 Å². The maximum atomic E-state index is 13.7. The van der Waals surface area contributed by atoms with Gasteiger partial charge in [0.25, 0.3) is 0 Å². The van der Waals surface area contributed by atoms with Crippen LogP contribution in [0, 0.1) is 0 Å². The first-order valence-corrected chi connectivity index (χ1v) is 21.1. The van der Waals surface area contributed by atoms with E-state index < -0.39 is 9.84 Å². The normalized spacial score (nSPS) is 13.0. The zero-order chi connectivity index (χ0) is 38.7. The first kappa shape index (κ1) is 39.2. The first-order chi connectivity index (χ1) is 25.7. The third kappa shape index (κ3) is 8.70. The van der Waals surface area contributed by atoms with Crippen LogP contribution in [0.5, 0.6) is 11.5 Å². The number of unbranched alkanes of at least 4 members (excludes halogenated alkanes) is 3. The fourth-order valence-electron chi connectivity index (χ4n) is 6.93. The predicted octanol–water partition coefficient (Wildman–Crippen LogP) is 12.7. The second kappa shape index (κ2) is 16.0. The Hall–Kier alpha value is -4.55. The number of rotatable bonds is 14. The van der Waals surface area contributed by atoms with Gasteiger partial charge in [-0.05, 0) is 150 Å². The Morgan fingerprint density at radius 3 is 1.43 bits per heavy atom. The van der Waals surface area contributed by atoms with Crippen molar-refractivity contribution in [1.29, 1.82) is 0 Å². The van der Waals surface area contributed by atoms with E-state index in [0.717, 1.165) is 54.6 Å². The number of fused-ring (bicyclic) bond motifs is 3. The summed E-state index contributed by atoms with van der Waals surface area (Å²) in [4.78, 5) is 0.510. The highest BCUT2D eigenvalue weighted by molar-refractivity contribution is 7.91. The van der Waals surface area contributed by atoms with Crippen LogP contribution in [0.2, 0.25) is 0 Å². The van der Waals surface area contributed by atoms with Crippen LogP contribution in [0.25, 0.3) is 27.5 Å². The van der Waals surface area contributed by atoms with Crippen molar-refractivity contribution in [2.24, 2.45) is 0 Å². The smallest absolute Gasteiger partial charge is 0.206 e. The molecule has 284 valence electrons. The third-order valence-electron chi connectivity index (χ3n) is 10.7. The maximum Gasteiger partial charge on any atom is 0.206 e. The summed E-state index contributed by atoms with van der Waals surface area (Å²) in [7, 11) is -3.71. The molecule has 0 radical (unpaired) electrons. The summed E-state index contributed by atoms with van der Waals surface area (Å²) in [5.74, 6) is 2.17. The fourth-order valence-corrected chi connectivity index (χ4v) is 8.19. The Bertz CT molecular complexity index is 2220. The minimum Gasteiger partial charge on any atom is -0.494 e. The monoisotopic (exact) mass is 743 g/mol. The van der Waals surface area contributed by atoms with Crippen molar-refractivity contribution < 1.29 is 17.9 Å². The van der Waals surface area contributed by atoms with E-state index in [-0.39, 0.29) is 20.6 Å². The standard InChI is InChI=1S/C48H57NO4S/c1-9-34(2)35-14-20-39(21-15-35)52-30-12-10-11-13-31-53-40-22-26-42(27-23-40)54(50,51)41-24-18-38(19-25-41)49-45-28-16-36(47(3,4)5)32-43(45)44-33-37(48(6,7)8)17-29-46(44)49/h14-29,32-34H,9-13,30-31H2,1-8H3/t34-/m1/s1.